The minimum atomic E-state index is -0.402. The number of urea groups is 1. The van der Waals surface area contributed by atoms with Gasteiger partial charge in [0, 0.05) is 43.2 Å². The highest BCUT2D eigenvalue weighted by Crippen LogP contribution is 2.25. The normalized spacial score (nSPS) is 10.1. The minimum absolute atomic E-state index is 0.0810. The third-order valence-electron chi connectivity index (χ3n) is 3.81. The predicted octanol–water partition coefficient (Wildman–Crippen LogP) is 2.65. The Hall–Kier alpha value is -3.26. The van der Waals surface area contributed by atoms with Crippen LogP contribution >= 0.6 is 0 Å². The molecule has 3 N–H and O–H groups in total. The number of amides is 3. The maximum Gasteiger partial charge on any atom is 0.323 e. The molecule has 28 heavy (non-hydrogen) atoms. The van der Waals surface area contributed by atoms with E-state index in [1.807, 2.05) is 0 Å². The monoisotopic (exact) mass is 387 g/mol. The second-order valence-electron chi connectivity index (χ2n) is 5.90. The number of nitrogens with one attached hydrogen (secondary N) is 3. The van der Waals surface area contributed by atoms with E-state index < -0.39 is 6.03 Å². The van der Waals surface area contributed by atoms with Gasteiger partial charge in [-0.05, 0) is 17.7 Å². The van der Waals surface area contributed by atoms with Crippen molar-refractivity contribution >= 4 is 23.3 Å². The minimum Gasteiger partial charge on any atom is -0.497 e. The fraction of sp³-hybridized carbons (Fsp3) is 0.300. The van der Waals surface area contributed by atoms with Crippen LogP contribution in [0, 0.1) is 0 Å². The first kappa shape index (κ1) is 21.0. The van der Waals surface area contributed by atoms with E-state index in [0.29, 0.717) is 36.0 Å². The van der Waals surface area contributed by atoms with Crippen molar-refractivity contribution in [3.63, 3.8) is 0 Å². The van der Waals surface area contributed by atoms with Gasteiger partial charge in [0.2, 0.25) is 5.91 Å². The fourth-order valence-electron chi connectivity index (χ4n) is 2.42. The highest BCUT2D eigenvalue weighted by atomic mass is 16.5. The molecule has 0 saturated carbocycles. The Bertz CT molecular complexity index is 771. The highest BCUT2D eigenvalue weighted by molar-refractivity contribution is 6.00. The zero-order valence-corrected chi connectivity index (χ0v) is 16.2. The summed E-state index contributed by atoms with van der Waals surface area (Å²) >= 11 is 0. The molecule has 0 atom stereocenters. The maximum absolute atomic E-state index is 12.2. The summed E-state index contributed by atoms with van der Waals surface area (Å²) in [6, 6.07) is 11.8. The molecule has 0 aliphatic carbocycles. The van der Waals surface area contributed by atoms with Gasteiger partial charge in [-0.15, -0.1) is 0 Å². The van der Waals surface area contributed by atoms with E-state index in [2.05, 4.69) is 16.0 Å². The van der Waals surface area contributed by atoms with Gasteiger partial charge in [0.1, 0.15) is 11.5 Å². The van der Waals surface area contributed by atoms with Gasteiger partial charge in [0.25, 0.3) is 0 Å². The van der Waals surface area contributed by atoms with Gasteiger partial charge in [-0.2, -0.15) is 0 Å². The molecule has 0 bridgehead atoms. The largest absolute Gasteiger partial charge is 0.497 e. The van der Waals surface area contributed by atoms with Gasteiger partial charge in [-0.3, -0.25) is 4.79 Å². The molecular weight excluding hydrogens is 362 g/mol. The van der Waals surface area contributed by atoms with Crippen molar-refractivity contribution in [3.05, 3.63) is 48.0 Å². The number of carbonyl (C=O) groups excluding carboxylic acids is 2. The van der Waals surface area contributed by atoms with Crippen LogP contribution in [0.4, 0.5) is 16.2 Å². The summed E-state index contributed by atoms with van der Waals surface area (Å²) in [6.45, 7) is 0.951. The molecule has 0 unspecified atom stereocenters. The Balaban J connectivity index is 1.89. The first-order valence-corrected chi connectivity index (χ1v) is 8.69. The Morgan fingerprint density at radius 2 is 1.46 bits per heavy atom. The number of anilines is 2. The van der Waals surface area contributed by atoms with E-state index >= 15 is 0 Å². The average molecular weight is 387 g/mol. The standard InChI is InChI=1S/C20H25N3O5/c1-26-9-8-21-19(24)10-14-4-6-15(7-5-14)22-20(25)23-16-11-17(27-2)13-18(12-16)28-3/h4-7,11-13H,8-10H2,1-3H3,(H,21,24)(H2,22,23,25). The predicted molar refractivity (Wildman–Crippen MR) is 107 cm³/mol. The van der Waals surface area contributed by atoms with Crippen LogP contribution in [-0.4, -0.2) is 46.4 Å². The van der Waals surface area contributed by atoms with Crippen molar-refractivity contribution in [3.8, 4) is 11.5 Å². The molecule has 2 aromatic rings. The van der Waals surface area contributed by atoms with Crippen LogP contribution in [0.25, 0.3) is 0 Å². The van der Waals surface area contributed by atoms with Gasteiger partial charge < -0.3 is 30.2 Å². The molecule has 0 fully saturated rings. The second kappa shape index (κ2) is 10.8. The topological polar surface area (TPSA) is 97.9 Å². The quantitative estimate of drug-likeness (QED) is 0.575. The molecule has 2 aromatic carbocycles. The number of carbonyl (C=O) groups is 2. The molecule has 8 heteroatoms. The second-order valence-corrected chi connectivity index (χ2v) is 5.90. The lowest BCUT2D eigenvalue weighted by Gasteiger charge is -2.11. The smallest absolute Gasteiger partial charge is 0.323 e. The summed E-state index contributed by atoms with van der Waals surface area (Å²) < 4.78 is 15.3. The summed E-state index contributed by atoms with van der Waals surface area (Å²) in [5, 5.41) is 8.23. The van der Waals surface area contributed by atoms with Crippen LogP contribution in [0.5, 0.6) is 11.5 Å². The Labute approximate surface area is 164 Å². The van der Waals surface area contributed by atoms with Gasteiger partial charge in [-0.25, -0.2) is 4.79 Å². The molecule has 0 aliphatic rings. The summed E-state index contributed by atoms with van der Waals surface area (Å²) in [6.07, 6.45) is 0.264. The fourth-order valence-corrected chi connectivity index (χ4v) is 2.42. The third-order valence-corrected chi connectivity index (χ3v) is 3.81. The number of benzene rings is 2. The molecule has 3 amide bonds. The maximum atomic E-state index is 12.2. The molecular formula is C20H25N3O5. The zero-order chi connectivity index (χ0) is 20.4. The van der Waals surface area contributed by atoms with E-state index in [4.69, 9.17) is 14.2 Å². The molecule has 0 spiro atoms. The SMILES string of the molecule is COCCNC(=O)Cc1ccc(NC(=O)Nc2cc(OC)cc(OC)c2)cc1. The molecule has 0 aliphatic heterocycles. The summed E-state index contributed by atoms with van der Waals surface area (Å²) in [4.78, 5) is 24.0. The van der Waals surface area contributed by atoms with E-state index in [-0.39, 0.29) is 12.3 Å². The van der Waals surface area contributed by atoms with Gasteiger partial charge in [0.15, 0.2) is 0 Å². The lowest BCUT2D eigenvalue weighted by molar-refractivity contribution is -0.120. The lowest BCUT2D eigenvalue weighted by atomic mass is 10.1. The molecule has 0 heterocycles. The Morgan fingerprint density at radius 3 is 2.04 bits per heavy atom. The number of methoxy groups -OCH3 is 3. The molecule has 0 saturated heterocycles. The van der Waals surface area contributed by atoms with Gasteiger partial charge in [0.05, 0.1) is 27.2 Å². The van der Waals surface area contributed by atoms with Crippen LogP contribution < -0.4 is 25.4 Å². The Morgan fingerprint density at radius 1 is 0.857 bits per heavy atom. The highest BCUT2D eigenvalue weighted by Gasteiger charge is 2.07. The summed E-state index contributed by atoms with van der Waals surface area (Å²) in [5.41, 5.74) is 1.99. The number of rotatable bonds is 9. The molecule has 0 aromatic heterocycles. The lowest BCUT2D eigenvalue weighted by Crippen LogP contribution is -2.28. The first-order chi connectivity index (χ1) is 13.5. The molecule has 0 radical (unpaired) electrons. The summed E-state index contributed by atoms with van der Waals surface area (Å²) in [5.74, 6) is 1.06. The molecule has 8 nitrogen and oxygen atoms in total. The number of ether oxygens (including phenoxy) is 3. The van der Waals surface area contributed by atoms with Crippen LogP contribution in [-0.2, 0) is 16.0 Å². The Kier molecular flexibility index (Phi) is 8.11. The van der Waals surface area contributed by atoms with E-state index in [0.717, 1.165) is 5.56 Å². The van der Waals surface area contributed by atoms with E-state index in [1.165, 1.54) is 14.2 Å². The number of hydrogen-bond acceptors (Lipinski definition) is 5. The van der Waals surface area contributed by atoms with E-state index in [1.54, 1.807) is 49.6 Å². The zero-order valence-electron chi connectivity index (χ0n) is 16.2. The van der Waals surface area contributed by atoms with Crippen molar-refractivity contribution in [1.82, 2.24) is 5.32 Å². The van der Waals surface area contributed by atoms with Gasteiger partial charge in [-0.1, -0.05) is 12.1 Å². The van der Waals surface area contributed by atoms with Gasteiger partial charge >= 0.3 is 6.03 Å². The van der Waals surface area contributed by atoms with E-state index in [9.17, 15) is 9.59 Å². The van der Waals surface area contributed by atoms with Crippen molar-refractivity contribution in [2.24, 2.45) is 0 Å². The molecule has 150 valence electrons. The average Bonchev–Trinajstić information content (AvgIpc) is 2.69. The van der Waals surface area contributed by atoms with Crippen molar-refractivity contribution in [2.45, 2.75) is 6.42 Å². The van der Waals surface area contributed by atoms with Crippen LogP contribution in [0.15, 0.2) is 42.5 Å². The van der Waals surface area contributed by atoms with Crippen molar-refractivity contribution in [1.29, 1.82) is 0 Å². The molecule has 2 rings (SSSR count). The van der Waals surface area contributed by atoms with Crippen LogP contribution in [0.3, 0.4) is 0 Å². The van der Waals surface area contributed by atoms with Crippen LogP contribution in [0.1, 0.15) is 5.56 Å². The number of hydrogen-bond donors (Lipinski definition) is 3. The summed E-state index contributed by atoms with van der Waals surface area (Å²) in [7, 11) is 4.66. The van der Waals surface area contributed by atoms with Crippen molar-refractivity contribution < 1.29 is 23.8 Å². The third kappa shape index (κ3) is 6.81. The van der Waals surface area contributed by atoms with Crippen LogP contribution in [0.2, 0.25) is 0 Å². The first-order valence-electron chi connectivity index (χ1n) is 8.69. The van der Waals surface area contributed by atoms with Crippen molar-refractivity contribution in [2.75, 3.05) is 45.1 Å².